The van der Waals surface area contributed by atoms with Gasteiger partial charge < -0.3 is 25.5 Å². The van der Waals surface area contributed by atoms with Crippen LogP contribution in [0.2, 0.25) is 0 Å². The largest absolute Gasteiger partial charge is 0.508 e. The van der Waals surface area contributed by atoms with Crippen molar-refractivity contribution in [3.8, 4) is 5.75 Å². The second-order valence-corrected chi connectivity index (χ2v) is 6.34. The second-order valence-electron chi connectivity index (χ2n) is 6.34. The van der Waals surface area contributed by atoms with Crippen molar-refractivity contribution in [3.05, 3.63) is 65.2 Å². The van der Waals surface area contributed by atoms with Gasteiger partial charge in [-0.05, 0) is 31.0 Å². The van der Waals surface area contributed by atoms with E-state index in [0.29, 0.717) is 5.56 Å². The molecule has 0 bridgehead atoms. The number of carbonyl (C=O) groups is 2. The number of rotatable bonds is 7. The van der Waals surface area contributed by atoms with Crippen molar-refractivity contribution >= 4 is 11.8 Å². The van der Waals surface area contributed by atoms with Crippen molar-refractivity contribution in [3.63, 3.8) is 0 Å². The summed E-state index contributed by atoms with van der Waals surface area (Å²) >= 11 is 0. The highest BCUT2D eigenvalue weighted by molar-refractivity contribution is 5.97. The molecule has 7 heteroatoms. The van der Waals surface area contributed by atoms with E-state index in [9.17, 15) is 19.8 Å². The number of nitrogens with zero attached hydrogens (tertiary/aromatic N) is 1. The lowest BCUT2D eigenvalue weighted by molar-refractivity contribution is -0.143. The molecule has 0 aliphatic heterocycles. The van der Waals surface area contributed by atoms with Crippen LogP contribution in [0.1, 0.15) is 21.5 Å². The molecule has 0 radical (unpaired) electrons. The van der Waals surface area contributed by atoms with Gasteiger partial charge in [0.2, 0.25) is 0 Å². The van der Waals surface area contributed by atoms with Gasteiger partial charge in [-0.3, -0.25) is 9.59 Å². The van der Waals surface area contributed by atoms with Crippen molar-refractivity contribution in [2.24, 2.45) is 0 Å². The molecule has 2 atom stereocenters. The Morgan fingerprint density at radius 2 is 1.78 bits per heavy atom. The van der Waals surface area contributed by atoms with Crippen molar-refractivity contribution in [1.82, 2.24) is 10.2 Å². The molecule has 2 aromatic carbocycles. The third-order valence-corrected chi connectivity index (χ3v) is 4.39. The van der Waals surface area contributed by atoms with Crippen LogP contribution >= 0.6 is 0 Å². The summed E-state index contributed by atoms with van der Waals surface area (Å²) in [5.41, 5.74) is 1.49. The van der Waals surface area contributed by atoms with Crippen LogP contribution in [0.25, 0.3) is 0 Å². The zero-order valence-electron chi connectivity index (χ0n) is 15.3. The summed E-state index contributed by atoms with van der Waals surface area (Å²) in [4.78, 5) is 25.9. The number of aromatic hydroxyl groups is 1. The van der Waals surface area contributed by atoms with Crippen LogP contribution in [0.3, 0.4) is 0 Å². The number of phenols is 1. The highest BCUT2D eigenvalue weighted by Gasteiger charge is 2.30. The fourth-order valence-electron chi connectivity index (χ4n) is 2.69. The first-order valence-corrected chi connectivity index (χ1v) is 8.52. The smallest absolute Gasteiger partial charge is 0.255 e. The number of hydrogen-bond acceptors (Lipinski definition) is 5. The normalized spacial score (nSPS) is 12.9. The van der Waals surface area contributed by atoms with Crippen LogP contribution < -0.4 is 5.32 Å². The number of carbonyl (C=O) groups excluding carboxylic acids is 2. The summed E-state index contributed by atoms with van der Waals surface area (Å²) in [5, 5.41) is 32.1. The molecule has 0 fully saturated rings. The lowest BCUT2D eigenvalue weighted by atomic mass is 9.99. The third kappa shape index (κ3) is 5.06. The van der Waals surface area contributed by atoms with Gasteiger partial charge in [0, 0.05) is 18.2 Å². The number of likely N-dealkylation sites (N-methyl/N-ethyl adjacent to an activating group) is 1. The van der Waals surface area contributed by atoms with E-state index in [2.05, 4.69) is 5.32 Å². The number of nitrogens with one attached hydrogen (secondary N) is 1. The van der Waals surface area contributed by atoms with Gasteiger partial charge in [0.05, 0.1) is 6.04 Å². The van der Waals surface area contributed by atoms with Crippen LogP contribution in [0, 0.1) is 6.92 Å². The number of aliphatic hydroxyl groups is 2. The minimum atomic E-state index is -1.54. The summed E-state index contributed by atoms with van der Waals surface area (Å²) in [6.45, 7) is 1.06. The highest BCUT2D eigenvalue weighted by Crippen LogP contribution is 2.20. The molecule has 0 spiro atoms. The highest BCUT2D eigenvalue weighted by atomic mass is 16.3. The number of benzene rings is 2. The van der Waals surface area contributed by atoms with Crippen molar-refractivity contribution < 1.29 is 24.9 Å². The molecule has 4 N–H and O–H groups in total. The molecule has 0 aliphatic rings. The summed E-state index contributed by atoms with van der Waals surface area (Å²) < 4.78 is 0. The molecule has 2 amide bonds. The first-order valence-electron chi connectivity index (χ1n) is 8.52. The Balaban J connectivity index is 2.27. The molecule has 144 valence electrons. The van der Waals surface area contributed by atoms with Gasteiger partial charge in [-0.15, -0.1) is 0 Å². The zero-order valence-corrected chi connectivity index (χ0v) is 15.3. The quantitative estimate of drug-likeness (QED) is 0.538. The van der Waals surface area contributed by atoms with Gasteiger partial charge in [-0.2, -0.15) is 0 Å². The van der Waals surface area contributed by atoms with Gasteiger partial charge in [-0.1, -0.05) is 36.4 Å². The number of phenolic OH excluding ortho intramolecular Hbond substituents is 1. The third-order valence-electron chi connectivity index (χ3n) is 4.39. The minimum Gasteiger partial charge on any atom is -0.508 e. The molecule has 7 nitrogen and oxygen atoms in total. The fraction of sp³-hybridized carbons (Fsp3) is 0.300. The van der Waals surface area contributed by atoms with Crippen LogP contribution in [-0.4, -0.2) is 58.0 Å². The lowest BCUT2D eigenvalue weighted by Gasteiger charge is -2.27. The Morgan fingerprint density at radius 3 is 2.41 bits per heavy atom. The lowest BCUT2D eigenvalue weighted by Crippen LogP contribution is -2.52. The predicted molar refractivity (Wildman–Crippen MR) is 100 cm³/mol. The van der Waals surface area contributed by atoms with Gasteiger partial charge in [0.1, 0.15) is 12.5 Å². The topological polar surface area (TPSA) is 110 Å². The first-order chi connectivity index (χ1) is 12.8. The fourth-order valence-corrected chi connectivity index (χ4v) is 2.69. The van der Waals surface area contributed by atoms with Crippen molar-refractivity contribution in [2.75, 3.05) is 13.8 Å². The Hall–Kier alpha value is -2.90. The number of hydrogen-bond donors (Lipinski definition) is 4. The van der Waals surface area contributed by atoms with E-state index in [0.717, 1.165) is 10.5 Å². The van der Waals surface area contributed by atoms with Crippen LogP contribution in [-0.2, 0) is 11.2 Å². The summed E-state index contributed by atoms with van der Waals surface area (Å²) in [6, 6.07) is 12.8. The van der Waals surface area contributed by atoms with Crippen LogP contribution in [0.15, 0.2) is 48.5 Å². The standard InChI is InChI=1S/C20H24N2O5/c1-13-15(9-6-10-17(13)24)19(26)21-16(11-14-7-4-3-5-8-14)18(25)20(27)22(2)12-23/h3-10,16,18,23-25H,11-12H2,1-2H3,(H,21,26). The first kappa shape index (κ1) is 20.4. The van der Waals surface area contributed by atoms with E-state index >= 15 is 0 Å². The van der Waals surface area contributed by atoms with E-state index < -0.39 is 30.7 Å². The summed E-state index contributed by atoms with van der Waals surface area (Å²) in [7, 11) is 1.35. The molecule has 2 unspecified atom stereocenters. The Kier molecular flexibility index (Phi) is 6.92. The monoisotopic (exact) mass is 372 g/mol. The second kappa shape index (κ2) is 9.16. The molecule has 2 rings (SSSR count). The molecular weight excluding hydrogens is 348 g/mol. The number of amides is 2. The Bertz CT molecular complexity index is 794. The maximum Gasteiger partial charge on any atom is 0.255 e. The summed E-state index contributed by atoms with van der Waals surface area (Å²) in [6.07, 6.45) is -1.32. The molecule has 0 aromatic heterocycles. The Morgan fingerprint density at radius 1 is 1.11 bits per heavy atom. The molecule has 0 saturated carbocycles. The molecule has 0 heterocycles. The van der Waals surface area contributed by atoms with E-state index in [4.69, 9.17) is 5.11 Å². The zero-order chi connectivity index (χ0) is 20.0. The summed E-state index contributed by atoms with van der Waals surface area (Å²) in [5.74, 6) is -1.23. The average Bonchev–Trinajstić information content (AvgIpc) is 2.68. The van der Waals surface area contributed by atoms with Crippen molar-refractivity contribution in [1.29, 1.82) is 0 Å². The van der Waals surface area contributed by atoms with E-state index in [1.54, 1.807) is 19.1 Å². The van der Waals surface area contributed by atoms with Crippen LogP contribution in [0.4, 0.5) is 0 Å². The van der Waals surface area contributed by atoms with E-state index in [1.165, 1.54) is 13.1 Å². The minimum absolute atomic E-state index is 0.0149. The number of aliphatic hydroxyl groups excluding tert-OH is 2. The van der Waals surface area contributed by atoms with Crippen molar-refractivity contribution in [2.45, 2.75) is 25.5 Å². The van der Waals surface area contributed by atoms with Gasteiger partial charge >= 0.3 is 0 Å². The predicted octanol–water partition coefficient (Wildman–Crippen LogP) is 0.811. The molecule has 0 saturated heterocycles. The molecule has 2 aromatic rings. The van der Waals surface area contributed by atoms with Gasteiger partial charge in [-0.25, -0.2) is 0 Å². The van der Waals surface area contributed by atoms with Gasteiger partial charge in [0.25, 0.3) is 11.8 Å². The molecule has 27 heavy (non-hydrogen) atoms. The molecule has 0 aliphatic carbocycles. The molecular formula is C20H24N2O5. The Labute approximate surface area is 157 Å². The average molecular weight is 372 g/mol. The maximum absolute atomic E-state index is 12.7. The van der Waals surface area contributed by atoms with Crippen LogP contribution in [0.5, 0.6) is 5.75 Å². The van der Waals surface area contributed by atoms with Gasteiger partial charge in [0.15, 0.2) is 6.10 Å². The SMILES string of the molecule is Cc1c(O)cccc1C(=O)NC(Cc1ccccc1)C(O)C(=O)N(C)CO. The maximum atomic E-state index is 12.7. The van der Waals surface area contributed by atoms with E-state index in [-0.39, 0.29) is 17.7 Å². The van der Waals surface area contributed by atoms with E-state index in [1.807, 2.05) is 30.3 Å².